The van der Waals surface area contributed by atoms with E-state index in [1.807, 2.05) is 24.3 Å². The third-order valence-corrected chi connectivity index (χ3v) is 6.87. The molecule has 0 spiro atoms. The van der Waals surface area contributed by atoms with E-state index in [4.69, 9.17) is 4.74 Å². The monoisotopic (exact) mass is 337 g/mol. The van der Waals surface area contributed by atoms with Gasteiger partial charge in [-0.2, -0.15) is 0 Å². The fourth-order valence-corrected chi connectivity index (χ4v) is 5.44. The first-order valence-corrected chi connectivity index (χ1v) is 9.93. The minimum Gasteiger partial charge on any atom is -0.497 e. The fourth-order valence-electron chi connectivity index (χ4n) is 3.77. The largest absolute Gasteiger partial charge is 0.497 e. The van der Waals surface area contributed by atoms with Crippen LogP contribution < -0.4 is 10.1 Å². The molecule has 1 aromatic rings. The lowest BCUT2D eigenvalue weighted by Crippen LogP contribution is -2.47. The smallest absolute Gasteiger partial charge is 0.230 e. The summed E-state index contributed by atoms with van der Waals surface area (Å²) >= 11 is 0. The SMILES string of the molecule is COc1ccc(C2(C(=O)N[C@@H]3CCS(=O)(=O)C3)CCCC2)cc1. The molecule has 1 saturated heterocycles. The van der Waals surface area contributed by atoms with E-state index in [2.05, 4.69) is 5.32 Å². The number of methoxy groups -OCH3 is 1. The Balaban J connectivity index is 1.81. The Labute approximate surface area is 137 Å². The number of carbonyl (C=O) groups excluding carboxylic acids is 1. The lowest BCUT2D eigenvalue weighted by atomic mass is 9.77. The molecular formula is C17H23NO4S. The highest BCUT2D eigenvalue weighted by Gasteiger charge is 2.44. The summed E-state index contributed by atoms with van der Waals surface area (Å²) in [6, 6.07) is 7.42. The number of hydrogen-bond donors (Lipinski definition) is 1. The summed E-state index contributed by atoms with van der Waals surface area (Å²) in [7, 11) is -1.37. The molecule has 0 unspecified atom stereocenters. The van der Waals surface area contributed by atoms with Gasteiger partial charge >= 0.3 is 0 Å². The Morgan fingerprint density at radius 2 is 1.87 bits per heavy atom. The zero-order valence-corrected chi connectivity index (χ0v) is 14.2. The normalized spacial score (nSPS) is 25.2. The van der Waals surface area contributed by atoms with Gasteiger partial charge in [0.25, 0.3) is 0 Å². The topological polar surface area (TPSA) is 72.5 Å². The van der Waals surface area contributed by atoms with Gasteiger partial charge in [-0.1, -0.05) is 25.0 Å². The summed E-state index contributed by atoms with van der Waals surface area (Å²) in [6.45, 7) is 0. The number of carbonyl (C=O) groups is 1. The standard InChI is InChI=1S/C17H23NO4S/c1-22-15-6-4-13(5-7-15)17(9-2-3-10-17)16(19)18-14-8-11-23(20,21)12-14/h4-7,14H,2-3,8-12H2,1H3,(H,18,19)/t14-/m1/s1. The average Bonchev–Trinajstić information content (AvgIpc) is 3.15. The lowest BCUT2D eigenvalue weighted by molar-refractivity contribution is -0.127. The van der Waals surface area contributed by atoms with Gasteiger partial charge in [0.15, 0.2) is 9.84 Å². The zero-order chi connectivity index (χ0) is 16.5. The summed E-state index contributed by atoms with van der Waals surface area (Å²) in [4.78, 5) is 13.0. The summed E-state index contributed by atoms with van der Waals surface area (Å²) in [5.41, 5.74) is 0.465. The van der Waals surface area contributed by atoms with Gasteiger partial charge in [-0.25, -0.2) is 8.42 Å². The van der Waals surface area contributed by atoms with E-state index in [0.717, 1.165) is 37.0 Å². The minimum atomic E-state index is -2.99. The minimum absolute atomic E-state index is 0.0257. The highest BCUT2D eigenvalue weighted by atomic mass is 32.2. The van der Waals surface area contributed by atoms with E-state index in [-0.39, 0.29) is 23.5 Å². The third-order valence-electron chi connectivity index (χ3n) is 5.10. The number of ether oxygens (including phenoxy) is 1. The van der Waals surface area contributed by atoms with E-state index < -0.39 is 15.3 Å². The molecule has 1 heterocycles. The molecule has 1 N–H and O–H groups in total. The Hall–Kier alpha value is -1.56. The zero-order valence-electron chi connectivity index (χ0n) is 13.4. The first-order chi connectivity index (χ1) is 11.0. The van der Waals surface area contributed by atoms with Crippen LogP contribution in [0.1, 0.15) is 37.7 Å². The van der Waals surface area contributed by atoms with Crippen molar-refractivity contribution in [3.8, 4) is 5.75 Å². The molecule has 1 aliphatic heterocycles. The van der Waals surface area contributed by atoms with Crippen LogP contribution in [0.4, 0.5) is 0 Å². The molecule has 6 heteroatoms. The van der Waals surface area contributed by atoms with Crippen LogP contribution in [-0.4, -0.2) is 39.0 Å². The van der Waals surface area contributed by atoms with E-state index in [1.165, 1.54) is 0 Å². The molecule has 5 nitrogen and oxygen atoms in total. The maximum absolute atomic E-state index is 13.0. The molecule has 1 aliphatic carbocycles. The van der Waals surface area contributed by atoms with Crippen molar-refractivity contribution in [1.82, 2.24) is 5.32 Å². The van der Waals surface area contributed by atoms with Gasteiger partial charge in [0.2, 0.25) is 5.91 Å². The average molecular weight is 337 g/mol. The van der Waals surface area contributed by atoms with Gasteiger partial charge in [-0.05, 0) is 37.0 Å². The molecule has 126 valence electrons. The molecular weight excluding hydrogens is 314 g/mol. The van der Waals surface area contributed by atoms with Crippen molar-refractivity contribution >= 4 is 15.7 Å². The molecule has 23 heavy (non-hydrogen) atoms. The fraction of sp³-hybridized carbons (Fsp3) is 0.588. The molecule has 1 saturated carbocycles. The molecule has 0 radical (unpaired) electrons. The first-order valence-electron chi connectivity index (χ1n) is 8.11. The summed E-state index contributed by atoms with van der Waals surface area (Å²) < 4.78 is 28.4. The Bertz CT molecular complexity index is 675. The van der Waals surface area contributed by atoms with E-state index >= 15 is 0 Å². The molecule has 3 rings (SSSR count). The highest BCUT2D eigenvalue weighted by molar-refractivity contribution is 7.91. The van der Waals surface area contributed by atoms with Gasteiger partial charge in [0.1, 0.15) is 5.75 Å². The van der Waals surface area contributed by atoms with Crippen LogP contribution >= 0.6 is 0 Å². The van der Waals surface area contributed by atoms with Crippen LogP contribution in [-0.2, 0) is 20.0 Å². The van der Waals surface area contributed by atoms with E-state index in [1.54, 1.807) is 7.11 Å². The third kappa shape index (κ3) is 3.22. The first kappa shape index (κ1) is 16.3. The van der Waals surface area contributed by atoms with Gasteiger partial charge in [0.05, 0.1) is 24.0 Å². The van der Waals surface area contributed by atoms with Gasteiger partial charge < -0.3 is 10.1 Å². The van der Waals surface area contributed by atoms with Crippen molar-refractivity contribution < 1.29 is 17.9 Å². The maximum Gasteiger partial charge on any atom is 0.230 e. The summed E-state index contributed by atoms with van der Waals surface area (Å²) in [5, 5.41) is 2.99. The molecule has 0 bridgehead atoms. The molecule has 1 atom stereocenters. The maximum atomic E-state index is 13.0. The number of benzene rings is 1. The van der Waals surface area contributed by atoms with Crippen molar-refractivity contribution in [3.63, 3.8) is 0 Å². The molecule has 1 amide bonds. The number of nitrogens with one attached hydrogen (secondary N) is 1. The predicted molar refractivity (Wildman–Crippen MR) is 88.3 cm³/mol. The molecule has 0 aromatic heterocycles. The van der Waals surface area contributed by atoms with Crippen molar-refractivity contribution in [1.29, 1.82) is 0 Å². The number of rotatable bonds is 4. The molecule has 2 fully saturated rings. The van der Waals surface area contributed by atoms with Crippen molar-refractivity contribution in [2.75, 3.05) is 18.6 Å². The quantitative estimate of drug-likeness (QED) is 0.909. The second-order valence-corrected chi connectivity index (χ2v) is 8.82. The van der Waals surface area contributed by atoms with Crippen LogP contribution in [0.25, 0.3) is 0 Å². The second kappa shape index (κ2) is 6.15. The summed E-state index contributed by atoms with van der Waals surface area (Å²) in [6.07, 6.45) is 4.17. The second-order valence-electron chi connectivity index (χ2n) is 6.59. The van der Waals surface area contributed by atoms with Crippen LogP contribution in [0.3, 0.4) is 0 Å². The van der Waals surface area contributed by atoms with Gasteiger partial charge in [-0.15, -0.1) is 0 Å². The number of sulfone groups is 1. The summed E-state index contributed by atoms with van der Waals surface area (Å²) in [5.74, 6) is 0.983. The van der Waals surface area contributed by atoms with Crippen LogP contribution in [0.5, 0.6) is 5.75 Å². The van der Waals surface area contributed by atoms with Gasteiger partial charge in [0, 0.05) is 6.04 Å². The Kier molecular flexibility index (Phi) is 4.36. The van der Waals surface area contributed by atoms with Gasteiger partial charge in [-0.3, -0.25) is 4.79 Å². The van der Waals surface area contributed by atoms with Crippen molar-refractivity contribution in [2.24, 2.45) is 0 Å². The molecule has 1 aromatic carbocycles. The number of hydrogen-bond acceptors (Lipinski definition) is 4. The van der Waals surface area contributed by atoms with Crippen LogP contribution in [0, 0.1) is 0 Å². The molecule has 2 aliphatic rings. The Morgan fingerprint density at radius 1 is 1.22 bits per heavy atom. The van der Waals surface area contributed by atoms with Crippen LogP contribution in [0.2, 0.25) is 0 Å². The van der Waals surface area contributed by atoms with Crippen LogP contribution in [0.15, 0.2) is 24.3 Å². The lowest BCUT2D eigenvalue weighted by Gasteiger charge is -2.30. The predicted octanol–water partition coefficient (Wildman–Crippen LogP) is 1.81. The number of amides is 1. The van der Waals surface area contributed by atoms with E-state index in [0.29, 0.717) is 6.42 Å². The Morgan fingerprint density at radius 3 is 2.39 bits per heavy atom. The van der Waals surface area contributed by atoms with Crippen molar-refractivity contribution in [2.45, 2.75) is 43.6 Å². The highest BCUT2D eigenvalue weighted by Crippen LogP contribution is 2.42. The van der Waals surface area contributed by atoms with Crippen molar-refractivity contribution in [3.05, 3.63) is 29.8 Å². The van der Waals surface area contributed by atoms with E-state index in [9.17, 15) is 13.2 Å².